The third-order valence-corrected chi connectivity index (χ3v) is 5.92. The number of hydrogen-bond acceptors (Lipinski definition) is 5. The molecule has 6 rings (SSSR count). The predicted octanol–water partition coefficient (Wildman–Crippen LogP) is 5.44. The summed E-state index contributed by atoms with van der Waals surface area (Å²) >= 11 is 0. The third kappa shape index (κ3) is 3.27. The summed E-state index contributed by atoms with van der Waals surface area (Å²) in [6.07, 6.45) is 7.07. The number of halogens is 1. The highest BCUT2D eigenvalue weighted by Gasteiger charge is 2.16. The molecule has 0 unspecified atom stereocenters. The summed E-state index contributed by atoms with van der Waals surface area (Å²) in [5.74, 6) is -0.306. The van der Waals surface area contributed by atoms with Gasteiger partial charge in [-0.2, -0.15) is 5.10 Å². The zero-order valence-corrected chi connectivity index (χ0v) is 18.5. The fraction of sp³-hybridized carbons (Fsp3) is 0.0769. The van der Waals surface area contributed by atoms with Gasteiger partial charge in [-0.1, -0.05) is 12.1 Å². The normalized spacial score (nSPS) is 11.4. The van der Waals surface area contributed by atoms with E-state index in [1.807, 2.05) is 49.5 Å². The number of nitrogens with one attached hydrogen (secondary N) is 2. The number of benzene rings is 1. The van der Waals surface area contributed by atoms with Gasteiger partial charge in [-0.15, -0.1) is 0 Å². The molecule has 0 aliphatic rings. The van der Waals surface area contributed by atoms with E-state index in [1.165, 1.54) is 6.07 Å². The van der Waals surface area contributed by atoms with E-state index in [-0.39, 0.29) is 5.82 Å². The van der Waals surface area contributed by atoms with Gasteiger partial charge in [-0.25, -0.2) is 4.39 Å². The van der Waals surface area contributed by atoms with Crippen LogP contribution in [0.3, 0.4) is 0 Å². The molecule has 5 aromatic heterocycles. The smallest absolute Gasteiger partial charge is 0.132 e. The summed E-state index contributed by atoms with van der Waals surface area (Å²) in [6.45, 7) is 0. The molecule has 0 atom stereocenters. The Labute approximate surface area is 194 Å². The van der Waals surface area contributed by atoms with Crippen molar-refractivity contribution in [3.63, 3.8) is 0 Å². The van der Waals surface area contributed by atoms with Gasteiger partial charge in [-0.3, -0.25) is 20.1 Å². The fourth-order valence-electron chi connectivity index (χ4n) is 4.14. The lowest BCUT2D eigenvalue weighted by molar-refractivity contribution is 0.631. The highest BCUT2D eigenvalue weighted by Crippen LogP contribution is 2.34. The van der Waals surface area contributed by atoms with Crippen molar-refractivity contribution in [2.75, 3.05) is 19.0 Å². The number of hydrogen-bond donors (Lipinski definition) is 2. The van der Waals surface area contributed by atoms with Crippen LogP contribution in [0.4, 0.5) is 10.1 Å². The van der Waals surface area contributed by atoms with Gasteiger partial charge in [0, 0.05) is 53.9 Å². The molecule has 7 nitrogen and oxygen atoms in total. The molecule has 0 saturated carbocycles. The number of nitrogens with zero attached hydrogens (tertiary/aromatic N) is 5. The van der Waals surface area contributed by atoms with Crippen molar-refractivity contribution in [3.8, 4) is 33.9 Å². The second-order valence-corrected chi connectivity index (χ2v) is 8.30. The summed E-state index contributed by atoms with van der Waals surface area (Å²) in [5, 5.41) is 9.36. The van der Waals surface area contributed by atoms with Crippen LogP contribution in [0.25, 0.3) is 55.7 Å². The molecule has 166 valence electrons. The van der Waals surface area contributed by atoms with Crippen molar-refractivity contribution in [2.45, 2.75) is 0 Å². The van der Waals surface area contributed by atoms with Gasteiger partial charge in [0.15, 0.2) is 0 Å². The minimum absolute atomic E-state index is 0.306. The Hall–Kier alpha value is -4.59. The molecule has 0 saturated heterocycles. The van der Waals surface area contributed by atoms with Crippen molar-refractivity contribution >= 4 is 27.5 Å². The zero-order chi connectivity index (χ0) is 23.2. The molecule has 0 fully saturated rings. The Kier molecular flexibility index (Phi) is 4.58. The first-order valence-corrected chi connectivity index (χ1v) is 10.8. The second kappa shape index (κ2) is 7.77. The Morgan fingerprint density at radius 3 is 2.56 bits per heavy atom. The van der Waals surface area contributed by atoms with E-state index in [1.54, 1.807) is 30.7 Å². The second-order valence-electron chi connectivity index (χ2n) is 8.30. The fourth-order valence-corrected chi connectivity index (χ4v) is 4.14. The predicted molar refractivity (Wildman–Crippen MR) is 132 cm³/mol. The van der Waals surface area contributed by atoms with Crippen molar-refractivity contribution in [1.29, 1.82) is 0 Å². The lowest BCUT2D eigenvalue weighted by Crippen LogP contribution is -2.08. The first-order valence-electron chi connectivity index (χ1n) is 10.8. The Balaban J connectivity index is 1.49. The summed E-state index contributed by atoms with van der Waals surface area (Å²) in [7, 11) is 3.96. The van der Waals surface area contributed by atoms with Crippen LogP contribution >= 0.6 is 0 Å². The van der Waals surface area contributed by atoms with E-state index in [4.69, 9.17) is 0 Å². The largest absolute Gasteiger partial charge is 0.376 e. The maximum absolute atomic E-state index is 14.5. The van der Waals surface area contributed by atoms with Crippen LogP contribution < -0.4 is 4.90 Å². The van der Waals surface area contributed by atoms with Gasteiger partial charge in [-0.05, 0) is 36.4 Å². The molecule has 0 aliphatic heterocycles. The minimum Gasteiger partial charge on any atom is -0.376 e. The lowest BCUT2D eigenvalue weighted by atomic mass is 10.1. The average Bonchev–Trinajstić information content (AvgIpc) is 3.48. The number of aromatic nitrogens is 6. The van der Waals surface area contributed by atoms with Gasteiger partial charge in [0.2, 0.25) is 0 Å². The SMILES string of the molecule is CN(C)c1cncc(-c2cc3c(-c4cc5c(-c6ccccc6F)nccc5[nH]4)n[nH]c3cn2)c1. The van der Waals surface area contributed by atoms with Crippen LogP contribution in [0.5, 0.6) is 0 Å². The Bertz CT molecular complexity index is 1670. The molecule has 5 heterocycles. The molecule has 0 radical (unpaired) electrons. The summed E-state index contributed by atoms with van der Waals surface area (Å²) < 4.78 is 14.5. The molecule has 1 aromatic carbocycles. The molecule has 6 aromatic rings. The van der Waals surface area contributed by atoms with Crippen LogP contribution in [0.2, 0.25) is 0 Å². The quantitative estimate of drug-likeness (QED) is 0.375. The topological polar surface area (TPSA) is 86.4 Å². The number of aromatic amines is 2. The number of H-pyrrole nitrogens is 2. The van der Waals surface area contributed by atoms with E-state index in [0.29, 0.717) is 11.3 Å². The molecule has 8 heteroatoms. The Morgan fingerprint density at radius 1 is 0.853 bits per heavy atom. The monoisotopic (exact) mass is 449 g/mol. The molecule has 34 heavy (non-hydrogen) atoms. The third-order valence-electron chi connectivity index (χ3n) is 5.92. The standard InChI is InChI=1S/C26H20FN7/c1-34(2)16-9-15(12-28-13-16)22-10-19-24(14-30-22)32-33-26(19)23-11-18-21(31-23)7-8-29-25(18)17-5-3-4-6-20(17)27/h3-14,31H,1-2H3,(H,32,33). The van der Waals surface area contributed by atoms with Gasteiger partial charge in [0.1, 0.15) is 11.5 Å². The number of fused-ring (bicyclic) bond motifs is 2. The molecule has 0 amide bonds. The highest BCUT2D eigenvalue weighted by molar-refractivity contribution is 6.00. The molecular formula is C26H20FN7. The number of pyridine rings is 3. The van der Waals surface area contributed by atoms with Crippen LogP contribution in [-0.4, -0.2) is 44.2 Å². The maximum Gasteiger partial charge on any atom is 0.132 e. The van der Waals surface area contributed by atoms with Gasteiger partial charge in [0.05, 0.1) is 40.7 Å². The zero-order valence-electron chi connectivity index (χ0n) is 18.5. The van der Waals surface area contributed by atoms with E-state index < -0.39 is 0 Å². The molecule has 0 aliphatic carbocycles. The molecule has 2 N–H and O–H groups in total. The summed E-state index contributed by atoms with van der Waals surface area (Å²) in [4.78, 5) is 18.8. The van der Waals surface area contributed by atoms with E-state index >= 15 is 0 Å². The van der Waals surface area contributed by atoms with Crippen molar-refractivity contribution < 1.29 is 4.39 Å². The minimum atomic E-state index is -0.306. The molecule has 0 bridgehead atoms. The first kappa shape index (κ1) is 20.0. The Morgan fingerprint density at radius 2 is 1.71 bits per heavy atom. The maximum atomic E-state index is 14.5. The highest BCUT2D eigenvalue weighted by atomic mass is 19.1. The summed E-state index contributed by atoms with van der Waals surface area (Å²) in [6, 6.07) is 14.6. The van der Waals surface area contributed by atoms with E-state index in [2.05, 4.69) is 36.2 Å². The average molecular weight is 449 g/mol. The van der Waals surface area contributed by atoms with Gasteiger partial charge in [0.25, 0.3) is 0 Å². The van der Waals surface area contributed by atoms with Gasteiger partial charge < -0.3 is 9.88 Å². The first-order chi connectivity index (χ1) is 16.6. The van der Waals surface area contributed by atoms with Crippen LogP contribution in [0.1, 0.15) is 0 Å². The summed E-state index contributed by atoms with van der Waals surface area (Å²) in [5.41, 5.74) is 7.01. The lowest BCUT2D eigenvalue weighted by Gasteiger charge is -2.12. The van der Waals surface area contributed by atoms with Crippen LogP contribution in [0.15, 0.2) is 73.3 Å². The van der Waals surface area contributed by atoms with Crippen LogP contribution in [0, 0.1) is 5.82 Å². The van der Waals surface area contributed by atoms with Gasteiger partial charge >= 0.3 is 0 Å². The van der Waals surface area contributed by atoms with Crippen molar-refractivity contribution in [1.82, 2.24) is 30.1 Å². The van der Waals surface area contributed by atoms with Crippen LogP contribution in [-0.2, 0) is 0 Å². The van der Waals surface area contributed by atoms with Crippen molar-refractivity contribution in [2.24, 2.45) is 0 Å². The van der Waals surface area contributed by atoms with E-state index in [9.17, 15) is 4.39 Å². The number of anilines is 1. The number of rotatable bonds is 4. The molecule has 0 spiro atoms. The van der Waals surface area contributed by atoms with E-state index in [0.717, 1.165) is 50.1 Å². The van der Waals surface area contributed by atoms with Crippen molar-refractivity contribution in [3.05, 3.63) is 79.1 Å². The molecular weight excluding hydrogens is 429 g/mol.